The van der Waals surface area contributed by atoms with E-state index in [0.29, 0.717) is 13.2 Å². The molecule has 0 aliphatic carbocycles. The minimum absolute atomic E-state index is 0.354. The van der Waals surface area contributed by atoms with Gasteiger partial charge >= 0.3 is 0 Å². The van der Waals surface area contributed by atoms with Crippen LogP contribution in [0.1, 0.15) is 96.3 Å². The van der Waals surface area contributed by atoms with Gasteiger partial charge in [0.15, 0.2) is 0 Å². The first-order valence-electron chi connectivity index (χ1n) is 9.06. The highest BCUT2D eigenvalue weighted by Crippen LogP contribution is 2.13. The number of hydrogen-bond acceptors (Lipinski definition) is 3. The van der Waals surface area contributed by atoms with Gasteiger partial charge in [-0.1, -0.05) is 83.5 Å². The average molecular weight is 297 g/mol. The number of nitrogens with zero attached hydrogens (tertiary/aromatic N) is 1. The van der Waals surface area contributed by atoms with E-state index in [9.17, 15) is 4.79 Å². The topological polar surface area (TPSA) is 49.7 Å². The molecule has 0 spiro atoms. The second-order valence-corrected chi connectivity index (χ2v) is 6.00. The van der Waals surface area contributed by atoms with Crippen LogP contribution in [0.3, 0.4) is 0 Å². The van der Waals surface area contributed by atoms with Gasteiger partial charge in [-0.2, -0.15) is 0 Å². The van der Waals surface area contributed by atoms with Crippen molar-refractivity contribution >= 4 is 6.08 Å². The predicted molar refractivity (Wildman–Crippen MR) is 89.3 cm³/mol. The molecule has 0 saturated heterocycles. The summed E-state index contributed by atoms with van der Waals surface area (Å²) in [4.78, 5) is 13.4. The van der Waals surface area contributed by atoms with Crippen molar-refractivity contribution in [3.63, 3.8) is 0 Å². The SMILES string of the molecule is O=C=NCCCCCCCCCCCCCCCCCO. The van der Waals surface area contributed by atoms with E-state index in [1.807, 2.05) is 0 Å². The van der Waals surface area contributed by atoms with E-state index < -0.39 is 0 Å². The first kappa shape index (κ1) is 20.3. The van der Waals surface area contributed by atoms with E-state index in [0.717, 1.165) is 12.8 Å². The third-order valence-corrected chi connectivity index (χ3v) is 3.99. The maximum Gasteiger partial charge on any atom is 0.234 e. The number of carbonyl (C=O) groups excluding carboxylic acids is 1. The fraction of sp³-hybridized carbons (Fsp3) is 0.944. The van der Waals surface area contributed by atoms with Crippen LogP contribution >= 0.6 is 0 Å². The summed E-state index contributed by atoms with van der Waals surface area (Å²) in [6.45, 7) is 1.01. The van der Waals surface area contributed by atoms with Crippen LogP contribution in [0.5, 0.6) is 0 Å². The predicted octanol–water partition coefficient (Wildman–Crippen LogP) is 5.17. The number of unbranched alkanes of at least 4 members (excludes halogenated alkanes) is 14. The average Bonchev–Trinajstić information content (AvgIpc) is 2.50. The van der Waals surface area contributed by atoms with Crippen LogP contribution in [0.25, 0.3) is 0 Å². The van der Waals surface area contributed by atoms with Gasteiger partial charge in [0.2, 0.25) is 6.08 Å². The van der Waals surface area contributed by atoms with Crippen LogP contribution in [-0.2, 0) is 4.79 Å². The van der Waals surface area contributed by atoms with Crippen LogP contribution < -0.4 is 0 Å². The molecule has 0 heterocycles. The van der Waals surface area contributed by atoms with Crippen LogP contribution in [0.2, 0.25) is 0 Å². The molecule has 0 rings (SSSR count). The minimum atomic E-state index is 0.354. The summed E-state index contributed by atoms with van der Waals surface area (Å²) in [7, 11) is 0. The lowest BCUT2D eigenvalue weighted by Crippen LogP contribution is -1.85. The van der Waals surface area contributed by atoms with E-state index in [4.69, 9.17) is 5.11 Å². The molecular weight excluding hydrogens is 262 g/mol. The summed E-state index contributed by atoms with van der Waals surface area (Å²) in [6, 6.07) is 0. The van der Waals surface area contributed by atoms with Crippen molar-refractivity contribution in [2.45, 2.75) is 96.3 Å². The zero-order valence-corrected chi connectivity index (χ0v) is 13.8. The van der Waals surface area contributed by atoms with Crippen molar-refractivity contribution in [2.75, 3.05) is 13.2 Å². The van der Waals surface area contributed by atoms with Crippen molar-refractivity contribution in [1.82, 2.24) is 0 Å². The lowest BCUT2D eigenvalue weighted by molar-refractivity contribution is 0.282. The summed E-state index contributed by atoms with van der Waals surface area (Å²) in [6.07, 6.45) is 20.9. The Labute approximate surface area is 131 Å². The van der Waals surface area contributed by atoms with Crippen LogP contribution in [0.4, 0.5) is 0 Å². The summed E-state index contributed by atoms with van der Waals surface area (Å²) in [5, 5.41) is 8.67. The molecule has 124 valence electrons. The van der Waals surface area contributed by atoms with E-state index in [1.165, 1.54) is 83.5 Å². The molecule has 0 amide bonds. The fourth-order valence-corrected chi connectivity index (χ4v) is 2.65. The molecule has 0 aromatic heterocycles. The number of hydrogen-bond donors (Lipinski definition) is 1. The van der Waals surface area contributed by atoms with Gasteiger partial charge in [-0.05, 0) is 12.8 Å². The van der Waals surface area contributed by atoms with E-state index >= 15 is 0 Å². The highest BCUT2D eigenvalue weighted by atomic mass is 16.2. The first-order chi connectivity index (χ1) is 10.4. The Morgan fingerprint density at radius 1 is 0.571 bits per heavy atom. The molecule has 3 heteroatoms. The van der Waals surface area contributed by atoms with Gasteiger partial charge in [-0.3, -0.25) is 0 Å². The Morgan fingerprint density at radius 2 is 0.905 bits per heavy atom. The second kappa shape index (κ2) is 19.3. The van der Waals surface area contributed by atoms with Gasteiger partial charge < -0.3 is 5.11 Å². The molecule has 0 aliphatic rings. The van der Waals surface area contributed by atoms with Crippen molar-refractivity contribution in [2.24, 2.45) is 4.99 Å². The van der Waals surface area contributed by atoms with Crippen molar-refractivity contribution in [3.05, 3.63) is 0 Å². The highest BCUT2D eigenvalue weighted by Gasteiger charge is 1.94. The standard InChI is InChI=1S/C18H35NO2/c20-17-15-13-11-9-7-5-3-1-2-4-6-8-10-12-14-16-19-18-21/h20H,1-17H2. The molecule has 0 saturated carbocycles. The fourth-order valence-electron chi connectivity index (χ4n) is 2.65. The van der Waals surface area contributed by atoms with E-state index in [2.05, 4.69) is 4.99 Å². The van der Waals surface area contributed by atoms with Gasteiger partial charge in [0.05, 0.1) is 6.54 Å². The monoisotopic (exact) mass is 297 g/mol. The second-order valence-electron chi connectivity index (χ2n) is 6.00. The molecule has 3 nitrogen and oxygen atoms in total. The molecule has 0 aliphatic heterocycles. The van der Waals surface area contributed by atoms with Gasteiger partial charge in [-0.25, -0.2) is 9.79 Å². The molecule has 21 heavy (non-hydrogen) atoms. The van der Waals surface area contributed by atoms with Crippen LogP contribution in [0.15, 0.2) is 4.99 Å². The minimum Gasteiger partial charge on any atom is -0.396 e. The highest BCUT2D eigenvalue weighted by molar-refractivity contribution is 5.32. The Hall–Kier alpha value is -0.660. The number of aliphatic hydroxyl groups excluding tert-OH is 1. The Kier molecular flexibility index (Phi) is 18.7. The van der Waals surface area contributed by atoms with Gasteiger partial charge in [0.25, 0.3) is 0 Å². The number of isocyanates is 1. The van der Waals surface area contributed by atoms with Gasteiger partial charge in [-0.15, -0.1) is 0 Å². The maximum absolute atomic E-state index is 9.86. The lowest BCUT2D eigenvalue weighted by Gasteiger charge is -2.03. The molecule has 0 fully saturated rings. The van der Waals surface area contributed by atoms with Gasteiger partial charge in [0.1, 0.15) is 0 Å². The number of rotatable bonds is 17. The smallest absolute Gasteiger partial charge is 0.234 e. The summed E-state index contributed by atoms with van der Waals surface area (Å²) < 4.78 is 0. The van der Waals surface area contributed by atoms with Crippen molar-refractivity contribution < 1.29 is 9.90 Å². The first-order valence-corrected chi connectivity index (χ1v) is 9.06. The zero-order valence-electron chi connectivity index (χ0n) is 13.8. The molecule has 0 aromatic rings. The maximum atomic E-state index is 9.86. The third kappa shape index (κ3) is 19.3. The Balaban J connectivity index is 2.94. The molecule has 0 radical (unpaired) electrons. The molecule has 0 atom stereocenters. The third-order valence-electron chi connectivity index (χ3n) is 3.99. The summed E-state index contributed by atoms with van der Waals surface area (Å²) >= 11 is 0. The zero-order chi connectivity index (χ0) is 15.4. The molecule has 0 aromatic carbocycles. The quantitative estimate of drug-likeness (QED) is 0.229. The van der Waals surface area contributed by atoms with Gasteiger partial charge in [0, 0.05) is 6.61 Å². The number of aliphatic hydroxyl groups is 1. The molecular formula is C18H35NO2. The van der Waals surface area contributed by atoms with Crippen molar-refractivity contribution in [1.29, 1.82) is 0 Å². The van der Waals surface area contributed by atoms with Crippen molar-refractivity contribution in [3.8, 4) is 0 Å². The Morgan fingerprint density at radius 3 is 1.24 bits per heavy atom. The number of aliphatic imine (C=N–C) groups is 1. The van der Waals surface area contributed by atoms with E-state index in [-0.39, 0.29) is 0 Å². The summed E-state index contributed by atoms with van der Waals surface area (Å²) in [5.74, 6) is 0. The van der Waals surface area contributed by atoms with Crippen LogP contribution in [0, 0.1) is 0 Å². The molecule has 0 unspecified atom stereocenters. The summed E-state index contributed by atoms with van der Waals surface area (Å²) in [5.41, 5.74) is 0. The van der Waals surface area contributed by atoms with E-state index in [1.54, 1.807) is 6.08 Å². The normalized spacial score (nSPS) is 10.5. The lowest BCUT2D eigenvalue weighted by atomic mass is 10.0. The van der Waals surface area contributed by atoms with Crippen LogP contribution in [-0.4, -0.2) is 24.3 Å². The largest absolute Gasteiger partial charge is 0.396 e. The Bertz CT molecular complexity index is 237. The molecule has 1 N–H and O–H groups in total. The molecule has 0 bridgehead atoms.